The fourth-order valence-corrected chi connectivity index (χ4v) is 3.10. The summed E-state index contributed by atoms with van der Waals surface area (Å²) >= 11 is 5.73. The number of nitrogens with zero attached hydrogens (tertiary/aromatic N) is 1. The monoisotopic (exact) mass is 395 g/mol. The topological polar surface area (TPSA) is 122 Å². The SMILES string of the molecule is O=C(CC(NCCC1=CCCCC1)C(=O)O)Nc1ccc(Cl)c([N+](=O)[O-])c1. The molecule has 0 radical (unpaired) electrons. The second kappa shape index (κ2) is 10.0. The van der Waals surface area contributed by atoms with Crippen LogP contribution in [0.2, 0.25) is 5.02 Å². The zero-order valence-corrected chi connectivity index (χ0v) is 15.5. The van der Waals surface area contributed by atoms with E-state index >= 15 is 0 Å². The summed E-state index contributed by atoms with van der Waals surface area (Å²) in [6.07, 6.45) is 7.12. The zero-order valence-electron chi connectivity index (χ0n) is 14.7. The molecule has 1 atom stereocenters. The number of carboxylic acid groups (broad SMARTS) is 1. The Labute approximate surface area is 161 Å². The van der Waals surface area contributed by atoms with Crippen LogP contribution >= 0.6 is 11.6 Å². The maximum Gasteiger partial charge on any atom is 0.321 e. The van der Waals surface area contributed by atoms with Gasteiger partial charge in [0.25, 0.3) is 5.69 Å². The van der Waals surface area contributed by atoms with E-state index in [4.69, 9.17) is 11.6 Å². The number of aliphatic carboxylic acids is 1. The second-order valence-electron chi connectivity index (χ2n) is 6.38. The van der Waals surface area contributed by atoms with Crippen LogP contribution in [0.5, 0.6) is 0 Å². The molecule has 1 amide bonds. The molecule has 0 spiro atoms. The van der Waals surface area contributed by atoms with Crippen molar-refractivity contribution in [2.45, 2.75) is 44.6 Å². The molecule has 0 heterocycles. The minimum atomic E-state index is -1.12. The van der Waals surface area contributed by atoms with Crippen LogP contribution in [-0.2, 0) is 9.59 Å². The van der Waals surface area contributed by atoms with Gasteiger partial charge in [-0.05, 0) is 50.8 Å². The van der Waals surface area contributed by atoms with Crippen molar-refractivity contribution in [3.8, 4) is 0 Å². The predicted octanol–water partition coefficient (Wildman–Crippen LogP) is 3.51. The summed E-state index contributed by atoms with van der Waals surface area (Å²) in [7, 11) is 0. The number of nitro benzene ring substituents is 1. The lowest BCUT2D eigenvalue weighted by Gasteiger charge is -2.17. The van der Waals surface area contributed by atoms with E-state index < -0.39 is 22.8 Å². The van der Waals surface area contributed by atoms with Crippen LogP contribution < -0.4 is 10.6 Å². The lowest BCUT2D eigenvalue weighted by Crippen LogP contribution is -2.40. The summed E-state index contributed by atoms with van der Waals surface area (Å²) in [6, 6.07) is 2.84. The van der Waals surface area contributed by atoms with E-state index in [0.717, 1.165) is 31.7 Å². The van der Waals surface area contributed by atoms with Crippen LogP contribution in [0.25, 0.3) is 0 Å². The number of nitrogens with one attached hydrogen (secondary N) is 2. The Hall–Kier alpha value is -2.45. The smallest absolute Gasteiger partial charge is 0.321 e. The number of amides is 1. The van der Waals surface area contributed by atoms with E-state index in [1.165, 1.54) is 24.1 Å². The fourth-order valence-electron chi connectivity index (χ4n) is 2.91. The third kappa shape index (κ3) is 6.65. The zero-order chi connectivity index (χ0) is 19.8. The van der Waals surface area contributed by atoms with Crippen LogP contribution in [0.3, 0.4) is 0 Å². The molecule has 9 heteroatoms. The first-order chi connectivity index (χ1) is 12.9. The molecule has 0 bridgehead atoms. The average molecular weight is 396 g/mol. The minimum Gasteiger partial charge on any atom is -0.480 e. The molecule has 3 N–H and O–H groups in total. The number of allylic oxidation sites excluding steroid dienone is 1. The highest BCUT2D eigenvalue weighted by atomic mass is 35.5. The first-order valence-corrected chi connectivity index (χ1v) is 9.12. The molecule has 1 aromatic rings. The maximum atomic E-state index is 12.1. The van der Waals surface area contributed by atoms with E-state index in [0.29, 0.717) is 6.54 Å². The first kappa shape index (κ1) is 20.9. The number of benzene rings is 1. The summed E-state index contributed by atoms with van der Waals surface area (Å²) in [4.78, 5) is 33.8. The van der Waals surface area contributed by atoms with E-state index in [1.807, 2.05) is 0 Å². The van der Waals surface area contributed by atoms with Crippen molar-refractivity contribution in [2.75, 3.05) is 11.9 Å². The molecule has 27 heavy (non-hydrogen) atoms. The lowest BCUT2D eigenvalue weighted by molar-refractivity contribution is -0.384. The third-order valence-electron chi connectivity index (χ3n) is 4.34. The quantitative estimate of drug-likeness (QED) is 0.334. The predicted molar refractivity (Wildman–Crippen MR) is 102 cm³/mol. The van der Waals surface area contributed by atoms with Crippen molar-refractivity contribution in [3.63, 3.8) is 0 Å². The van der Waals surface area contributed by atoms with Crippen LogP contribution in [-0.4, -0.2) is 34.5 Å². The molecule has 0 aromatic heterocycles. The number of nitro groups is 1. The normalized spacial score (nSPS) is 14.9. The number of carboxylic acids is 1. The van der Waals surface area contributed by atoms with Gasteiger partial charge in [0.15, 0.2) is 0 Å². The number of anilines is 1. The molecule has 1 aliphatic rings. The number of hydrogen-bond acceptors (Lipinski definition) is 5. The number of hydrogen-bond donors (Lipinski definition) is 3. The Bertz CT molecular complexity index is 751. The Morgan fingerprint density at radius 1 is 1.33 bits per heavy atom. The highest BCUT2D eigenvalue weighted by Gasteiger charge is 2.21. The van der Waals surface area contributed by atoms with Gasteiger partial charge in [-0.15, -0.1) is 0 Å². The molecule has 1 unspecified atom stereocenters. The van der Waals surface area contributed by atoms with Gasteiger partial charge in [-0.2, -0.15) is 0 Å². The number of halogens is 1. The van der Waals surface area contributed by atoms with Crippen LogP contribution in [0.15, 0.2) is 29.8 Å². The molecule has 0 aliphatic heterocycles. The highest BCUT2D eigenvalue weighted by molar-refractivity contribution is 6.32. The molecular formula is C18H22ClN3O5. The summed E-state index contributed by atoms with van der Waals surface area (Å²) in [6.45, 7) is 0.475. The van der Waals surface area contributed by atoms with E-state index in [1.54, 1.807) is 0 Å². The van der Waals surface area contributed by atoms with Crippen molar-refractivity contribution in [2.24, 2.45) is 0 Å². The maximum absolute atomic E-state index is 12.1. The second-order valence-corrected chi connectivity index (χ2v) is 6.79. The Morgan fingerprint density at radius 3 is 2.74 bits per heavy atom. The van der Waals surface area contributed by atoms with Crippen LogP contribution in [0, 0.1) is 10.1 Å². The van der Waals surface area contributed by atoms with Gasteiger partial charge in [-0.1, -0.05) is 23.3 Å². The standard InChI is InChI=1S/C18H22ClN3O5/c19-14-7-6-13(10-16(14)22(26)27)21-17(23)11-15(18(24)25)20-9-8-12-4-2-1-3-5-12/h4,6-7,10,15,20H,1-3,5,8-9,11H2,(H,21,23)(H,24,25). The average Bonchev–Trinajstić information content (AvgIpc) is 2.63. The summed E-state index contributed by atoms with van der Waals surface area (Å²) in [5, 5.41) is 25.5. The highest BCUT2D eigenvalue weighted by Crippen LogP contribution is 2.27. The summed E-state index contributed by atoms with van der Waals surface area (Å²) in [5.74, 6) is -1.67. The van der Waals surface area contributed by atoms with Gasteiger partial charge in [-0.3, -0.25) is 19.7 Å². The molecule has 0 fully saturated rings. The molecular weight excluding hydrogens is 374 g/mol. The molecule has 2 rings (SSSR count). The van der Waals surface area contributed by atoms with Gasteiger partial charge in [0.1, 0.15) is 11.1 Å². The molecule has 8 nitrogen and oxygen atoms in total. The van der Waals surface area contributed by atoms with Gasteiger partial charge in [0.2, 0.25) is 5.91 Å². The number of carbonyl (C=O) groups excluding carboxylic acids is 1. The third-order valence-corrected chi connectivity index (χ3v) is 4.66. The molecule has 0 saturated carbocycles. The minimum absolute atomic E-state index is 0.0416. The van der Waals surface area contributed by atoms with Crippen molar-refractivity contribution >= 4 is 34.9 Å². The fraction of sp³-hybridized carbons (Fsp3) is 0.444. The lowest BCUT2D eigenvalue weighted by atomic mass is 9.97. The first-order valence-electron chi connectivity index (χ1n) is 8.74. The van der Waals surface area contributed by atoms with Crippen LogP contribution in [0.4, 0.5) is 11.4 Å². The van der Waals surface area contributed by atoms with Gasteiger partial charge in [0, 0.05) is 11.8 Å². The Kier molecular flexibility index (Phi) is 7.75. The molecule has 0 saturated heterocycles. The van der Waals surface area contributed by atoms with Gasteiger partial charge in [-0.25, -0.2) is 0 Å². The van der Waals surface area contributed by atoms with Crippen molar-refractivity contribution in [3.05, 3.63) is 45.0 Å². The summed E-state index contributed by atoms with van der Waals surface area (Å²) < 4.78 is 0. The van der Waals surface area contributed by atoms with Gasteiger partial charge >= 0.3 is 5.97 Å². The Morgan fingerprint density at radius 2 is 2.11 bits per heavy atom. The molecule has 1 aromatic carbocycles. The van der Waals surface area contributed by atoms with Crippen molar-refractivity contribution in [1.82, 2.24) is 5.32 Å². The van der Waals surface area contributed by atoms with Crippen molar-refractivity contribution in [1.29, 1.82) is 0 Å². The number of rotatable bonds is 9. The van der Waals surface area contributed by atoms with E-state index in [2.05, 4.69) is 16.7 Å². The van der Waals surface area contributed by atoms with Gasteiger partial charge in [0.05, 0.1) is 11.3 Å². The molecule has 1 aliphatic carbocycles. The van der Waals surface area contributed by atoms with Gasteiger partial charge < -0.3 is 15.7 Å². The van der Waals surface area contributed by atoms with E-state index in [9.17, 15) is 24.8 Å². The largest absolute Gasteiger partial charge is 0.480 e. The van der Waals surface area contributed by atoms with Crippen molar-refractivity contribution < 1.29 is 19.6 Å². The van der Waals surface area contributed by atoms with E-state index in [-0.39, 0.29) is 22.8 Å². The number of carbonyl (C=O) groups is 2. The van der Waals surface area contributed by atoms with Crippen LogP contribution in [0.1, 0.15) is 38.5 Å². The summed E-state index contributed by atoms with van der Waals surface area (Å²) in [5.41, 5.74) is 1.17. The Balaban J connectivity index is 1.88. The molecule has 146 valence electrons.